The Morgan fingerprint density at radius 3 is 2.44 bits per heavy atom. The van der Waals surface area contributed by atoms with Gasteiger partial charge in [-0.15, -0.1) is 0 Å². The highest BCUT2D eigenvalue weighted by Gasteiger charge is 2.24. The minimum atomic E-state index is -0.0383. The van der Waals surface area contributed by atoms with Crippen LogP contribution in [0.2, 0.25) is 5.02 Å². The molecule has 2 heterocycles. The van der Waals surface area contributed by atoms with Crippen LogP contribution in [0.1, 0.15) is 21.5 Å². The third kappa shape index (κ3) is 5.75. The van der Waals surface area contributed by atoms with Gasteiger partial charge in [0.05, 0.1) is 24.8 Å². The van der Waals surface area contributed by atoms with Crippen molar-refractivity contribution in [1.29, 1.82) is 0 Å². The minimum Gasteiger partial charge on any atom is -0.351 e. The number of rotatable bonds is 7. The summed E-state index contributed by atoms with van der Waals surface area (Å²) in [5.74, 6) is -0.0435. The average Bonchev–Trinajstić information content (AvgIpc) is 3.28. The summed E-state index contributed by atoms with van der Waals surface area (Å²) in [7, 11) is 0. The molecule has 2 aromatic carbocycles. The molecule has 4 rings (SSSR count). The van der Waals surface area contributed by atoms with Crippen molar-refractivity contribution in [3.05, 3.63) is 88.7 Å². The van der Waals surface area contributed by atoms with Crippen molar-refractivity contribution in [3.63, 3.8) is 0 Å². The second kappa shape index (κ2) is 10.4. The molecule has 1 aliphatic rings. The molecule has 0 unspecified atom stereocenters. The van der Waals surface area contributed by atoms with Crippen LogP contribution in [-0.2, 0) is 17.9 Å². The maximum Gasteiger partial charge on any atom is 0.257 e. The Hall–Kier alpha value is -3.16. The fourth-order valence-electron chi connectivity index (χ4n) is 3.71. The van der Waals surface area contributed by atoms with E-state index in [4.69, 9.17) is 11.6 Å². The third-order valence-corrected chi connectivity index (χ3v) is 5.90. The minimum absolute atomic E-state index is 0.00511. The summed E-state index contributed by atoms with van der Waals surface area (Å²) in [6.07, 6.45) is 3.36. The lowest BCUT2D eigenvalue weighted by Gasteiger charge is -2.34. The van der Waals surface area contributed by atoms with Crippen molar-refractivity contribution in [1.82, 2.24) is 24.9 Å². The predicted molar refractivity (Wildman–Crippen MR) is 123 cm³/mol. The van der Waals surface area contributed by atoms with Gasteiger partial charge in [0.15, 0.2) is 0 Å². The first-order valence-corrected chi connectivity index (χ1v) is 11.0. The van der Waals surface area contributed by atoms with E-state index in [2.05, 4.69) is 15.3 Å². The average molecular weight is 452 g/mol. The van der Waals surface area contributed by atoms with Gasteiger partial charge in [-0.2, -0.15) is 5.10 Å². The summed E-state index contributed by atoms with van der Waals surface area (Å²) < 4.78 is 1.72. The number of hydrogen-bond acceptors (Lipinski definition) is 4. The molecule has 166 valence electrons. The number of amides is 2. The second-order valence-corrected chi connectivity index (χ2v) is 8.26. The van der Waals surface area contributed by atoms with Gasteiger partial charge in [-0.3, -0.25) is 19.2 Å². The van der Waals surface area contributed by atoms with Gasteiger partial charge in [0, 0.05) is 43.9 Å². The van der Waals surface area contributed by atoms with E-state index in [0.29, 0.717) is 56.4 Å². The summed E-state index contributed by atoms with van der Waals surface area (Å²) in [5, 5.41) is 7.95. The summed E-state index contributed by atoms with van der Waals surface area (Å²) in [5.41, 5.74) is 2.59. The third-order valence-electron chi connectivity index (χ3n) is 5.53. The number of piperazine rings is 1. The molecule has 0 saturated carbocycles. The van der Waals surface area contributed by atoms with E-state index < -0.39 is 0 Å². The van der Waals surface area contributed by atoms with Gasteiger partial charge in [-0.25, -0.2) is 0 Å². The molecule has 1 aliphatic heterocycles. The topological polar surface area (TPSA) is 70.5 Å². The van der Waals surface area contributed by atoms with Crippen LogP contribution in [0, 0.1) is 0 Å². The number of nitrogens with one attached hydrogen (secondary N) is 1. The van der Waals surface area contributed by atoms with E-state index in [-0.39, 0.29) is 11.8 Å². The van der Waals surface area contributed by atoms with Crippen LogP contribution < -0.4 is 5.32 Å². The van der Waals surface area contributed by atoms with Crippen LogP contribution in [0.4, 0.5) is 0 Å². The molecule has 32 heavy (non-hydrogen) atoms. The normalized spacial score (nSPS) is 14.3. The molecule has 0 atom stereocenters. The number of hydrogen-bond donors (Lipinski definition) is 1. The van der Waals surface area contributed by atoms with Gasteiger partial charge in [-0.05, 0) is 17.2 Å². The van der Waals surface area contributed by atoms with Crippen molar-refractivity contribution in [2.24, 2.45) is 0 Å². The predicted octanol–water partition coefficient (Wildman–Crippen LogP) is 2.66. The number of benzene rings is 2. The summed E-state index contributed by atoms with van der Waals surface area (Å²) in [6.45, 7) is 3.87. The van der Waals surface area contributed by atoms with Crippen molar-refractivity contribution in [3.8, 4) is 0 Å². The van der Waals surface area contributed by atoms with E-state index >= 15 is 0 Å². The van der Waals surface area contributed by atoms with Gasteiger partial charge in [0.1, 0.15) is 0 Å². The molecule has 8 heteroatoms. The maximum atomic E-state index is 12.9. The highest BCUT2D eigenvalue weighted by Crippen LogP contribution is 2.16. The van der Waals surface area contributed by atoms with Crippen molar-refractivity contribution < 1.29 is 9.59 Å². The summed E-state index contributed by atoms with van der Waals surface area (Å²) >= 11 is 6.22. The zero-order valence-electron chi connectivity index (χ0n) is 17.8. The molecule has 0 bridgehead atoms. The number of aromatic nitrogens is 2. The van der Waals surface area contributed by atoms with Crippen LogP contribution in [0.5, 0.6) is 0 Å². The highest BCUT2D eigenvalue weighted by atomic mass is 35.5. The summed E-state index contributed by atoms with van der Waals surface area (Å²) in [6, 6.07) is 17.4. The van der Waals surface area contributed by atoms with Crippen molar-refractivity contribution in [2.45, 2.75) is 13.1 Å². The quantitative estimate of drug-likeness (QED) is 0.599. The Bertz CT molecular complexity index is 1060. The highest BCUT2D eigenvalue weighted by molar-refractivity contribution is 6.31. The molecular weight excluding hydrogens is 426 g/mol. The number of nitrogens with zero attached hydrogens (tertiary/aromatic N) is 4. The Balaban J connectivity index is 1.23. The Kier molecular flexibility index (Phi) is 7.19. The number of halogens is 1. The fraction of sp³-hybridized carbons (Fsp3) is 0.292. The van der Waals surface area contributed by atoms with E-state index in [1.54, 1.807) is 17.1 Å². The lowest BCUT2D eigenvalue weighted by molar-refractivity contribution is -0.122. The van der Waals surface area contributed by atoms with Crippen molar-refractivity contribution >= 4 is 23.4 Å². The molecule has 1 N–H and O–H groups in total. The molecule has 1 aromatic heterocycles. The van der Waals surface area contributed by atoms with Crippen LogP contribution in [0.25, 0.3) is 0 Å². The SMILES string of the molecule is O=C(CN1CCN(C(=O)c2cnn(Cc3ccccc3Cl)c2)CC1)NCc1ccccc1. The Morgan fingerprint density at radius 1 is 0.969 bits per heavy atom. The summed E-state index contributed by atoms with van der Waals surface area (Å²) in [4.78, 5) is 29.0. The Morgan fingerprint density at radius 2 is 1.69 bits per heavy atom. The van der Waals surface area contributed by atoms with Crippen LogP contribution in [0.3, 0.4) is 0 Å². The first kappa shape index (κ1) is 22.0. The maximum absolute atomic E-state index is 12.9. The standard InChI is InChI=1S/C24H26ClN5O2/c25-22-9-5-4-8-20(22)16-30-17-21(15-27-30)24(32)29-12-10-28(11-13-29)18-23(31)26-14-19-6-2-1-3-7-19/h1-9,15,17H,10-14,16,18H2,(H,26,31). The van der Waals surface area contributed by atoms with Gasteiger partial charge in [-0.1, -0.05) is 60.1 Å². The largest absolute Gasteiger partial charge is 0.351 e. The van der Waals surface area contributed by atoms with Crippen molar-refractivity contribution in [2.75, 3.05) is 32.7 Å². The molecule has 0 spiro atoms. The zero-order chi connectivity index (χ0) is 22.3. The smallest absolute Gasteiger partial charge is 0.257 e. The number of carbonyl (C=O) groups excluding carboxylic acids is 2. The zero-order valence-corrected chi connectivity index (χ0v) is 18.5. The molecule has 2 amide bonds. The van der Waals surface area contributed by atoms with Crippen LogP contribution >= 0.6 is 11.6 Å². The lowest BCUT2D eigenvalue weighted by atomic mass is 10.2. The molecule has 1 saturated heterocycles. The van der Waals surface area contributed by atoms with Gasteiger partial charge >= 0.3 is 0 Å². The van der Waals surface area contributed by atoms with Gasteiger partial charge in [0.25, 0.3) is 5.91 Å². The van der Waals surface area contributed by atoms with E-state index in [1.165, 1.54) is 0 Å². The lowest BCUT2D eigenvalue weighted by Crippen LogP contribution is -2.51. The van der Waals surface area contributed by atoms with Gasteiger partial charge in [0.2, 0.25) is 5.91 Å². The first-order chi connectivity index (χ1) is 15.6. The van der Waals surface area contributed by atoms with E-state index in [1.807, 2.05) is 59.5 Å². The fourth-order valence-corrected chi connectivity index (χ4v) is 3.90. The second-order valence-electron chi connectivity index (χ2n) is 7.85. The monoisotopic (exact) mass is 451 g/mol. The van der Waals surface area contributed by atoms with Gasteiger partial charge < -0.3 is 10.2 Å². The molecular formula is C24H26ClN5O2. The Labute approximate surface area is 192 Å². The molecule has 0 radical (unpaired) electrons. The molecule has 7 nitrogen and oxygen atoms in total. The number of carbonyl (C=O) groups is 2. The van der Waals surface area contributed by atoms with Crippen LogP contribution in [-0.4, -0.2) is 64.1 Å². The molecule has 1 fully saturated rings. The molecule has 0 aliphatic carbocycles. The first-order valence-electron chi connectivity index (χ1n) is 10.7. The van der Waals surface area contributed by atoms with Crippen LogP contribution in [0.15, 0.2) is 67.0 Å². The van der Waals surface area contributed by atoms with E-state index in [9.17, 15) is 9.59 Å². The van der Waals surface area contributed by atoms with E-state index in [0.717, 1.165) is 11.1 Å². The molecule has 3 aromatic rings.